The molecular weight excluding hydrogens is 287 g/mol. The molecule has 1 aromatic rings. The summed E-state index contributed by atoms with van der Waals surface area (Å²) in [4.78, 5) is 1.85. The molecule has 0 aliphatic heterocycles. The smallest absolute Gasteiger partial charge is 0.160 e. The Bertz CT molecular complexity index is 387. The highest BCUT2D eigenvalue weighted by atomic mass is 79.9. The first kappa shape index (κ1) is 14.4. The number of benzene rings is 1. The summed E-state index contributed by atoms with van der Waals surface area (Å²) in [6, 6.07) is 3.68. The van der Waals surface area contributed by atoms with Gasteiger partial charge in [-0.15, -0.1) is 0 Å². The number of likely N-dealkylation sites (N-methyl/N-ethyl adjacent to an activating group) is 1. The highest BCUT2D eigenvalue weighted by Crippen LogP contribution is 2.29. The maximum Gasteiger partial charge on any atom is 0.160 e. The van der Waals surface area contributed by atoms with Crippen molar-refractivity contribution in [1.82, 2.24) is 0 Å². The molecule has 5 heteroatoms. The highest BCUT2D eigenvalue weighted by Gasteiger charge is 2.17. The third kappa shape index (κ3) is 3.18. The third-order valence-corrected chi connectivity index (χ3v) is 3.67. The number of hydrogen-bond acceptors (Lipinski definition) is 3. The highest BCUT2D eigenvalue weighted by molar-refractivity contribution is 9.10. The SMILES string of the molecule is COCC(C)N(C)c1ccc(CN)c(Br)c1F. The molecule has 17 heavy (non-hydrogen) atoms. The van der Waals surface area contributed by atoms with Crippen LogP contribution in [0.2, 0.25) is 0 Å². The van der Waals surface area contributed by atoms with Crippen LogP contribution in [0.25, 0.3) is 0 Å². The average molecular weight is 305 g/mol. The first-order valence-corrected chi connectivity index (χ1v) is 6.20. The molecule has 1 aromatic carbocycles. The summed E-state index contributed by atoms with van der Waals surface area (Å²) in [7, 11) is 3.48. The molecule has 0 aliphatic carbocycles. The zero-order chi connectivity index (χ0) is 13.0. The number of nitrogens with two attached hydrogens (primary N) is 1. The summed E-state index contributed by atoms with van der Waals surface area (Å²) < 4.78 is 19.6. The van der Waals surface area contributed by atoms with Crippen LogP contribution in [0.15, 0.2) is 16.6 Å². The molecule has 3 nitrogen and oxygen atoms in total. The lowest BCUT2D eigenvalue weighted by molar-refractivity contribution is 0.183. The van der Waals surface area contributed by atoms with Gasteiger partial charge in [-0.3, -0.25) is 0 Å². The van der Waals surface area contributed by atoms with Crippen molar-refractivity contribution in [2.45, 2.75) is 19.5 Å². The van der Waals surface area contributed by atoms with Gasteiger partial charge in [-0.2, -0.15) is 0 Å². The first-order valence-electron chi connectivity index (χ1n) is 5.41. The minimum atomic E-state index is -0.279. The number of methoxy groups -OCH3 is 1. The minimum absolute atomic E-state index is 0.102. The van der Waals surface area contributed by atoms with E-state index in [1.165, 1.54) is 0 Å². The molecule has 0 saturated heterocycles. The standard InChI is InChI=1S/C12H18BrFN2O/c1-8(7-17-3)16(2)10-5-4-9(6-15)11(13)12(10)14/h4-5,8H,6-7,15H2,1-3H3. The average Bonchev–Trinajstić information content (AvgIpc) is 2.32. The fraction of sp³-hybridized carbons (Fsp3) is 0.500. The molecule has 0 bridgehead atoms. The van der Waals surface area contributed by atoms with Gasteiger partial charge in [-0.1, -0.05) is 6.07 Å². The van der Waals surface area contributed by atoms with Crippen molar-refractivity contribution in [3.63, 3.8) is 0 Å². The van der Waals surface area contributed by atoms with E-state index < -0.39 is 0 Å². The quantitative estimate of drug-likeness (QED) is 0.908. The van der Waals surface area contributed by atoms with Gasteiger partial charge in [-0.25, -0.2) is 4.39 Å². The Kier molecular flexibility index (Phi) is 5.36. The summed E-state index contributed by atoms with van der Waals surface area (Å²) in [6.07, 6.45) is 0. The maximum absolute atomic E-state index is 14.1. The second-order valence-corrected chi connectivity index (χ2v) is 4.78. The van der Waals surface area contributed by atoms with Crippen molar-refractivity contribution in [1.29, 1.82) is 0 Å². The van der Waals surface area contributed by atoms with Crippen LogP contribution in [0, 0.1) is 5.82 Å². The molecule has 1 atom stereocenters. The number of nitrogens with zero attached hydrogens (tertiary/aromatic N) is 1. The lowest BCUT2D eigenvalue weighted by Gasteiger charge is -2.27. The molecule has 0 aromatic heterocycles. The van der Waals surface area contributed by atoms with Gasteiger partial charge in [0.25, 0.3) is 0 Å². The topological polar surface area (TPSA) is 38.5 Å². The number of rotatable bonds is 5. The zero-order valence-electron chi connectivity index (χ0n) is 10.3. The number of ether oxygens (including phenoxy) is 1. The van der Waals surface area contributed by atoms with Crippen molar-refractivity contribution < 1.29 is 9.13 Å². The van der Waals surface area contributed by atoms with E-state index in [1.807, 2.05) is 24.9 Å². The second-order valence-electron chi connectivity index (χ2n) is 3.99. The van der Waals surface area contributed by atoms with Crippen molar-refractivity contribution in [2.24, 2.45) is 5.73 Å². The normalized spacial score (nSPS) is 12.6. The van der Waals surface area contributed by atoms with Crippen LogP contribution in [0.5, 0.6) is 0 Å². The molecule has 0 radical (unpaired) electrons. The van der Waals surface area contributed by atoms with Crippen LogP contribution in [0.3, 0.4) is 0 Å². The number of anilines is 1. The fourth-order valence-corrected chi connectivity index (χ4v) is 2.10. The molecule has 1 rings (SSSR count). The van der Waals surface area contributed by atoms with Crippen LogP contribution in [0.4, 0.5) is 10.1 Å². The van der Waals surface area contributed by atoms with E-state index in [2.05, 4.69) is 15.9 Å². The summed E-state index contributed by atoms with van der Waals surface area (Å²) in [5.41, 5.74) is 6.83. The fourth-order valence-electron chi connectivity index (χ4n) is 1.60. The Morgan fingerprint density at radius 1 is 1.53 bits per heavy atom. The Morgan fingerprint density at radius 3 is 2.71 bits per heavy atom. The lowest BCUT2D eigenvalue weighted by atomic mass is 10.1. The Labute approximate surface area is 110 Å². The lowest BCUT2D eigenvalue weighted by Crippen LogP contribution is -2.33. The van der Waals surface area contributed by atoms with Gasteiger partial charge < -0.3 is 15.4 Å². The van der Waals surface area contributed by atoms with Gasteiger partial charge in [0.2, 0.25) is 0 Å². The van der Waals surface area contributed by atoms with Crippen LogP contribution in [-0.2, 0) is 11.3 Å². The van der Waals surface area contributed by atoms with E-state index in [0.29, 0.717) is 23.3 Å². The van der Waals surface area contributed by atoms with Crippen LogP contribution in [-0.4, -0.2) is 26.8 Å². The molecule has 0 spiro atoms. The van der Waals surface area contributed by atoms with Crippen LogP contribution < -0.4 is 10.6 Å². The molecule has 1 unspecified atom stereocenters. The van der Waals surface area contributed by atoms with E-state index >= 15 is 0 Å². The van der Waals surface area contributed by atoms with Gasteiger partial charge in [0.05, 0.1) is 16.8 Å². The first-order chi connectivity index (χ1) is 8.02. The van der Waals surface area contributed by atoms with E-state index in [9.17, 15) is 4.39 Å². The molecule has 0 fully saturated rings. The predicted molar refractivity (Wildman–Crippen MR) is 71.7 cm³/mol. The van der Waals surface area contributed by atoms with Crippen molar-refractivity contribution in [3.05, 3.63) is 28.0 Å². The molecule has 0 aliphatic rings. The van der Waals surface area contributed by atoms with E-state index in [0.717, 1.165) is 5.56 Å². The van der Waals surface area contributed by atoms with Crippen LogP contribution in [0.1, 0.15) is 12.5 Å². The molecule has 0 amide bonds. The molecular formula is C12H18BrFN2O. The summed E-state index contributed by atoms with van der Waals surface area (Å²) >= 11 is 3.23. The Balaban J connectivity index is 3.03. The predicted octanol–water partition coefficient (Wildman–Crippen LogP) is 2.52. The number of hydrogen-bond donors (Lipinski definition) is 1. The van der Waals surface area contributed by atoms with E-state index in [1.54, 1.807) is 13.2 Å². The largest absolute Gasteiger partial charge is 0.383 e. The Morgan fingerprint density at radius 2 is 2.18 bits per heavy atom. The van der Waals surface area contributed by atoms with Gasteiger partial charge in [0.15, 0.2) is 5.82 Å². The van der Waals surface area contributed by atoms with E-state index in [4.69, 9.17) is 10.5 Å². The van der Waals surface area contributed by atoms with Gasteiger partial charge in [-0.05, 0) is 34.5 Å². The number of halogens is 2. The second kappa shape index (κ2) is 6.33. The molecule has 2 N–H and O–H groups in total. The summed E-state index contributed by atoms with van der Waals surface area (Å²) in [5, 5.41) is 0. The van der Waals surface area contributed by atoms with Crippen molar-refractivity contribution >= 4 is 21.6 Å². The van der Waals surface area contributed by atoms with Gasteiger partial charge in [0, 0.05) is 26.7 Å². The minimum Gasteiger partial charge on any atom is -0.383 e. The van der Waals surface area contributed by atoms with Crippen LogP contribution >= 0.6 is 15.9 Å². The van der Waals surface area contributed by atoms with Crippen molar-refractivity contribution in [3.8, 4) is 0 Å². The summed E-state index contributed by atoms with van der Waals surface area (Å²) in [5.74, 6) is -0.279. The molecule has 96 valence electrons. The zero-order valence-corrected chi connectivity index (χ0v) is 11.9. The summed E-state index contributed by atoms with van der Waals surface area (Å²) in [6.45, 7) is 2.84. The van der Waals surface area contributed by atoms with Gasteiger partial charge >= 0.3 is 0 Å². The Hall–Kier alpha value is -0.650. The maximum atomic E-state index is 14.1. The molecule has 0 saturated carbocycles. The van der Waals surface area contributed by atoms with E-state index in [-0.39, 0.29) is 11.9 Å². The van der Waals surface area contributed by atoms with Gasteiger partial charge in [0.1, 0.15) is 0 Å². The monoisotopic (exact) mass is 304 g/mol. The third-order valence-electron chi connectivity index (χ3n) is 2.81. The van der Waals surface area contributed by atoms with Crippen molar-refractivity contribution in [2.75, 3.05) is 25.7 Å². The molecule has 0 heterocycles.